The van der Waals surface area contributed by atoms with Crippen LogP contribution in [0.1, 0.15) is 32.6 Å². The second kappa shape index (κ2) is 5.07. The third kappa shape index (κ3) is 2.45. The largest absolute Gasteiger partial charge is 0.392 e. The van der Waals surface area contributed by atoms with E-state index < -0.39 is 5.41 Å². The minimum Gasteiger partial charge on any atom is -0.392 e. The summed E-state index contributed by atoms with van der Waals surface area (Å²) in [4.78, 5) is 26.0. The van der Waals surface area contributed by atoms with Gasteiger partial charge in [0.25, 0.3) is 0 Å². The van der Waals surface area contributed by atoms with Crippen molar-refractivity contribution in [3.63, 3.8) is 0 Å². The molecular weight excluding hydrogens is 262 g/mol. The van der Waals surface area contributed by atoms with E-state index in [0.717, 1.165) is 25.7 Å². The first-order valence-corrected chi connectivity index (χ1v) is 7.16. The van der Waals surface area contributed by atoms with E-state index in [4.69, 9.17) is 23.7 Å². The Morgan fingerprint density at radius 1 is 1.32 bits per heavy atom. The van der Waals surface area contributed by atoms with Gasteiger partial charge in [0.1, 0.15) is 0 Å². The molecule has 106 valence electrons. The van der Waals surface area contributed by atoms with E-state index >= 15 is 0 Å². The molecule has 1 saturated heterocycles. The van der Waals surface area contributed by atoms with Crippen LogP contribution in [0.15, 0.2) is 0 Å². The first kappa shape index (κ1) is 14.2. The van der Waals surface area contributed by atoms with Gasteiger partial charge in [-0.05, 0) is 31.6 Å². The molecule has 1 aliphatic carbocycles. The maximum absolute atomic E-state index is 12.7. The average molecular weight is 283 g/mol. The minimum atomic E-state index is -0.672. The van der Waals surface area contributed by atoms with Gasteiger partial charge < -0.3 is 16.4 Å². The topological polar surface area (TPSA) is 89.4 Å². The van der Waals surface area contributed by atoms with Crippen molar-refractivity contribution in [1.29, 1.82) is 0 Å². The van der Waals surface area contributed by atoms with Gasteiger partial charge in [-0.2, -0.15) is 0 Å². The van der Waals surface area contributed by atoms with Crippen LogP contribution in [-0.4, -0.2) is 34.8 Å². The highest BCUT2D eigenvalue weighted by molar-refractivity contribution is 7.80. The Hall–Kier alpha value is -1.17. The van der Waals surface area contributed by atoms with Gasteiger partial charge in [0.2, 0.25) is 11.8 Å². The van der Waals surface area contributed by atoms with Gasteiger partial charge in [-0.3, -0.25) is 9.59 Å². The number of hydrogen-bond acceptors (Lipinski definition) is 3. The second-order valence-corrected chi connectivity index (χ2v) is 6.39. The molecule has 1 atom stereocenters. The van der Waals surface area contributed by atoms with Crippen LogP contribution in [0.2, 0.25) is 0 Å². The molecule has 0 aromatic carbocycles. The van der Waals surface area contributed by atoms with Crippen molar-refractivity contribution in [2.75, 3.05) is 13.1 Å². The molecule has 2 amide bonds. The standard InChI is InChI=1S/C13H21N3O2S/c1-8-5-13(6-8,11(15)19)12(18)16-4-2-3-9(7-16)10(14)17/h8-9H,2-7H2,1H3,(H2,14,17)(H2,15,19). The predicted octanol–water partition coefficient (Wildman–Crippen LogP) is 0.413. The number of carbonyl (C=O) groups excluding carboxylic acids is 2. The van der Waals surface area contributed by atoms with Crippen LogP contribution in [0.4, 0.5) is 0 Å². The van der Waals surface area contributed by atoms with E-state index in [2.05, 4.69) is 6.92 Å². The van der Waals surface area contributed by atoms with Crippen LogP contribution in [0.3, 0.4) is 0 Å². The highest BCUT2D eigenvalue weighted by atomic mass is 32.1. The van der Waals surface area contributed by atoms with Crippen LogP contribution in [0, 0.1) is 17.3 Å². The number of nitrogens with two attached hydrogens (primary N) is 2. The maximum Gasteiger partial charge on any atom is 0.235 e. The lowest BCUT2D eigenvalue weighted by Crippen LogP contribution is -2.59. The summed E-state index contributed by atoms with van der Waals surface area (Å²) in [6.07, 6.45) is 3.01. The molecule has 4 N–H and O–H groups in total. The SMILES string of the molecule is CC1CC(C(=O)N2CCCC(C(N)=O)C2)(C(N)=S)C1. The monoisotopic (exact) mass is 283 g/mol. The molecule has 19 heavy (non-hydrogen) atoms. The van der Waals surface area contributed by atoms with Crippen LogP contribution < -0.4 is 11.5 Å². The third-order valence-corrected chi connectivity index (χ3v) is 4.78. The molecule has 0 bridgehead atoms. The Balaban J connectivity index is 2.10. The lowest BCUT2D eigenvalue weighted by Gasteiger charge is -2.47. The summed E-state index contributed by atoms with van der Waals surface area (Å²) in [7, 11) is 0. The van der Waals surface area contributed by atoms with Crippen LogP contribution in [0.5, 0.6) is 0 Å². The molecule has 6 heteroatoms. The quantitative estimate of drug-likeness (QED) is 0.734. The molecule has 5 nitrogen and oxygen atoms in total. The molecule has 0 aromatic heterocycles. The summed E-state index contributed by atoms with van der Waals surface area (Å²) in [5.74, 6) is -0.103. The van der Waals surface area contributed by atoms with Crippen molar-refractivity contribution in [2.24, 2.45) is 28.7 Å². The second-order valence-electron chi connectivity index (χ2n) is 5.95. The van der Waals surface area contributed by atoms with Gasteiger partial charge in [0, 0.05) is 13.1 Å². The van der Waals surface area contributed by atoms with Crippen molar-refractivity contribution >= 4 is 29.0 Å². The fourth-order valence-electron chi connectivity index (χ4n) is 3.31. The smallest absolute Gasteiger partial charge is 0.235 e. The summed E-state index contributed by atoms with van der Waals surface area (Å²) < 4.78 is 0. The fourth-order valence-corrected chi connectivity index (χ4v) is 3.56. The molecule has 0 radical (unpaired) electrons. The van der Waals surface area contributed by atoms with Gasteiger partial charge in [-0.1, -0.05) is 19.1 Å². The van der Waals surface area contributed by atoms with Crippen molar-refractivity contribution in [3.8, 4) is 0 Å². The molecule has 2 fully saturated rings. The summed E-state index contributed by atoms with van der Waals surface area (Å²) in [5.41, 5.74) is 10.5. The van der Waals surface area contributed by atoms with Gasteiger partial charge >= 0.3 is 0 Å². The number of hydrogen-bond donors (Lipinski definition) is 2. The lowest BCUT2D eigenvalue weighted by molar-refractivity contribution is -0.146. The van der Waals surface area contributed by atoms with Crippen LogP contribution >= 0.6 is 12.2 Å². The Kier molecular flexibility index (Phi) is 3.80. The summed E-state index contributed by atoms with van der Waals surface area (Å²) in [6.45, 7) is 3.17. The van der Waals surface area contributed by atoms with Crippen LogP contribution in [0.25, 0.3) is 0 Å². The maximum atomic E-state index is 12.7. The number of likely N-dealkylation sites (tertiary alicyclic amines) is 1. The number of primary amides is 1. The van der Waals surface area contributed by atoms with Crippen molar-refractivity contribution in [3.05, 3.63) is 0 Å². The molecule has 2 aliphatic rings. The molecule has 0 aromatic rings. The van der Waals surface area contributed by atoms with Gasteiger partial charge in [0.05, 0.1) is 16.3 Å². The number of carbonyl (C=O) groups is 2. The number of piperidine rings is 1. The van der Waals surface area contributed by atoms with Gasteiger partial charge in [0.15, 0.2) is 0 Å². The van der Waals surface area contributed by atoms with E-state index in [1.165, 1.54) is 0 Å². The molecule has 1 saturated carbocycles. The van der Waals surface area contributed by atoms with Gasteiger partial charge in [-0.25, -0.2) is 0 Å². The zero-order valence-electron chi connectivity index (χ0n) is 11.2. The first-order valence-electron chi connectivity index (χ1n) is 6.75. The number of nitrogens with zero attached hydrogens (tertiary/aromatic N) is 1. The number of rotatable bonds is 3. The zero-order valence-corrected chi connectivity index (χ0v) is 12.0. The summed E-state index contributed by atoms with van der Waals surface area (Å²) >= 11 is 5.10. The molecule has 2 rings (SSSR count). The zero-order chi connectivity index (χ0) is 14.2. The van der Waals surface area contributed by atoms with E-state index in [0.29, 0.717) is 19.0 Å². The number of amides is 2. The highest BCUT2D eigenvalue weighted by Crippen LogP contribution is 2.47. The Labute approximate surface area is 118 Å². The minimum absolute atomic E-state index is 0.0101. The molecule has 0 spiro atoms. The highest BCUT2D eigenvalue weighted by Gasteiger charge is 2.52. The van der Waals surface area contributed by atoms with Crippen molar-refractivity contribution in [1.82, 2.24) is 4.90 Å². The third-order valence-electron chi connectivity index (χ3n) is 4.39. The van der Waals surface area contributed by atoms with E-state index in [-0.39, 0.29) is 22.7 Å². The Morgan fingerprint density at radius 3 is 2.42 bits per heavy atom. The van der Waals surface area contributed by atoms with E-state index in [9.17, 15) is 9.59 Å². The van der Waals surface area contributed by atoms with Gasteiger partial charge in [-0.15, -0.1) is 0 Å². The Morgan fingerprint density at radius 2 is 1.95 bits per heavy atom. The lowest BCUT2D eigenvalue weighted by atomic mass is 9.61. The van der Waals surface area contributed by atoms with Crippen molar-refractivity contribution in [2.45, 2.75) is 32.6 Å². The molecular formula is C13H21N3O2S. The summed E-state index contributed by atoms with van der Waals surface area (Å²) in [6, 6.07) is 0. The van der Waals surface area contributed by atoms with E-state index in [1.807, 2.05) is 0 Å². The fraction of sp³-hybridized carbons (Fsp3) is 0.769. The number of thiocarbonyl (C=S) groups is 1. The first-order chi connectivity index (χ1) is 8.86. The normalized spacial score (nSPS) is 34.5. The van der Waals surface area contributed by atoms with Crippen LogP contribution in [-0.2, 0) is 9.59 Å². The molecule has 1 aliphatic heterocycles. The summed E-state index contributed by atoms with van der Waals surface area (Å²) in [5, 5.41) is 0. The van der Waals surface area contributed by atoms with Crippen molar-refractivity contribution < 1.29 is 9.59 Å². The molecule has 1 unspecified atom stereocenters. The van der Waals surface area contributed by atoms with E-state index in [1.54, 1.807) is 4.90 Å². The average Bonchev–Trinajstić information content (AvgIpc) is 2.33. The molecule has 1 heterocycles. The predicted molar refractivity (Wildman–Crippen MR) is 76.1 cm³/mol. The Bertz CT molecular complexity index is 418.